The average molecular weight is 372 g/mol. The fraction of sp³-hybridized carbons (Fsp3) is 0.273. The zero-order valence-corrected chi connectivity index (χ0v) is 15.0. The van der Waals surface area contributed by atoms with Crippen LogP contribution in [0.4, 0.5) is 0 Å². The molecule has 0 atom stereocenters. The molecule has 0 radical (unpaired) electrons. The number of fused-ring (bicyclic) bond motifs is 1. The molecule has 0 unspecified atom stereocenters. The van der Waals surface area contributed by atoms with Crippen molar-refractivity contribution in [1.82, 2.24) is 4.98 Å². The van der Waals surface area contributed by atoms with Crippen LogP contribution >= 0.6 is 0 Å². The van der Waals surface area contributed by atoms with Crippen molar-refractivity contribution < 1.29 is 23.9 Å². The highest BCUT2D eigenvalue weighted by Gasteiger charge is 2.15. The summed E-state index contributed by atoms with van der Waals surface area (Å²) in [6, 6.07) is -0.492. The van der Waals surface area contributed by atoms with Crippen molar-refractivity contribution in [3.05, 3.63) is 75.5 Å². The molecule has 140 valence electrons. The average Bonchev–Trinajstić information content (AvgIpc) is 2.79. The van der Waals surface area contributed by atoms with E-state index in [2.05, 4.69) is 9.72 Å². The van der Waals surface area contributed by atoms with Crippen molar-refractivity contribution in [2.24, 2.45) is 0 Å². The fourth-order valence-electron chi connectivity index (χ4n) is 2.62. The van der Waals surface area contributed by atoms with Gasteiger partial charge in [0.15, 0.2) is 0 Å². The fourth-order valence-corrected chi connectivity index (χ4v) is 2.62. The van der Waals surface area contributed by atoms with Gasteiger partial charge in [-0.05, 0) is 30.0 Å². The molecule has 0 saturated heterocycles. The Morgan fingerprint density at radius 1 is 1.26 bits per heavy atom. The van der Waals surface area contributed by atoms with E-state index in [1.807, 2.05) is 6.92 Å². The van der Waals surface area contributed by atoms with Gasteiger partial charge in [-0.1, -0.05) is 43.6 Å². The van der Waals surface area contributed by atoms with E-state index in [0.29, 0.717) is 18.4 Å². The van der Waals surface area contributed by atoms with Gasteiger partial charge < -0.3 is 14.5 Å². The van der Waals surface area contributed by atoms with Crippen molar-refractivity contribution in [3.63, 3.8) is 0 Å². The Hall–Kier alpha value is -3.08. The Morgan fingerprint density at radius 3 is 2.74 bits per heavy atom. The number of rotatable bonds is 7. The van der Waals surface area contributed by atoms with Gasteiger partial charge in [0, 0.05) is 17.6 Å². The first-order valence-corrected chi connectivity index (χ1v) is 8.47. The summed E-state index contributed by atoms with van der Waals surface area (Å²) in [4.78, 5) is 27.5. The van der Waals surface area contributed by atoms with Gasteiger partial charge in [-0.15, -0.1) is 0 Å². The summed E-state index contributed by atoms with van der Waals surface area (Å²) in [6.45, 7) is -0.829. The highest BCUT2D eigenvalue weighted by molar-refractivity contribution is 5.93. The minimum absolute atomic E-state index is 0.0410. The molecule has 3 aromatic rings. The number of ether oxygens (including phenoxy) is 2. The predicted molar refractivity (Wildman–Crippen MR) is 105 cm³/mol. The van der Waals surface area contributed by atoms with Gasteiger partial charge in [0.2, 0.25) is 5.43 Å². The maximum Gasteiger partial charge on any atom is 0.343 e. The number of benzene rings is 2. The van der Waals surface area contributed by atoms with E-state index in [9.17, 15) is 9.59 Å². The number of unbranched alkanes of at least 4 members (excludes halogenated alkanes) is 1. The van der Waals surface area contributed by atoms with Crippen molar-refractivity contribution in [3.8, 4) is 5.75 Å². The summed E-state index contributed by atoms with van der Waals surface area (Å²) in [6.07, 6.45) is 3.09. The summed E-state index contributed by atoms with van der Waals surface area (Å²) in [5.74, 6) is -0.754. The van der Waals surface area contributed by atoms with Crippen LogP contribution in [0.25, 0.3) is 10.9 Å². The van der Waals surface area contributed by atoms with Crippen LogP contribution < -0.4 is 10.2 Å². The number of hydrogen-bond acceptors (Lipinski definition) is 4. The lowest BCUT2D eigenvalue weighted by molar-refractivity contribution is 0.0599. The standard InChI is InChI=1S/C22H23NO4/c1-3-4-10-16-11-17-19(23-13-18(21(17)24)22(25)26-2)12-20(16)27-14-15-8-6-5-7-9-15/h5-9,11-13H,3-4,10,14H2,1-2H3,(H,23,24)/i5D,6D,7D,8D,9D,14D2. The molecular weight excluding hydrogens is 342 g/mol. The quantitative estimate of drug-likeness (QED) is 0.630. The van der Waals surface area contributed by atoms with E-state index in [1.54, 1.807) is 0 Å². The Balaban J connectivity index is 2.19. The van der Waals surface area contributed by atoms with Gasteiger partial charge >= 0.3 is 5.97 Å². The molecule has 0 saturated carbocycles. The number of H-pyrrole nitrogens is 1. The van der Waals surface area contributed by atoms with Gasteiger partial charge in [-0.2, -0.15) is 0 Å². The zero-order valence-electron chi connectivity index (χ0n) is 22.0. The number of aromatic amines is 1. The van der Waals surface area contributed by atoms with Crippen LogP contribution in [-0.4, -0.2) is 18.1 Å². The maximum absolute atomic E-state index is 12.8. The van der Waals surface area contributed by atoms with Crippen LogP contribution in [0.5, 0.6) is 5.75 Å². The molecule has 5 nitrogen and oxygen atoms in total. The summed E-state index contributed by atoms with van der Waals surface area (Å²) >= 11 is 0. The van der Waals surface area contributed by atoms with E-state index in [0.717, 1.165) is 13.5 Å². The number of methoxy groups -OCH3 is 1. The van der Waals surface area contributed by atoms with Crippen LogP contribution in [-0.2, 0) is 17.7 Å². The third kappa shape index (κ3) is 4.19. The molecule has 5 heteroatoms. The van der Waals surface area contributed by atoms with Gasteiger partial charge in [0.25, 0.3) is 0 Å². The molecule has 0 bridgehead atoms. The lowest BCUT2D eigenvalue weighted by Crippen LogP contribution is -2.17. The Morgan fingerprint density at radius 2 is 2.04 bits per heavy atom. The SMILES string of the molecule is [2H]c1c([2H])c([2H])c(C([2H])([2H])Oc2cc3[nH]cc(C(=O)OC)c(=O)c3cc2CCCC)c([2H])c1[2H]. The third-order valence-corrected chi connectivity index (χ3v) is 4.03. The van der Waals surface area contributed by atoms with Gasteiger partial charge in [-0.3, -0.25) is 4.79 Å². The van der Waals surface area contributed by atoms with Crippen LogP contribution in [0.1, 0.15) is 50.8 Å². The Labute approximate surface area is 167 Å². The van der Waals surface area contributed by atoms with Crippen LogP contribution in [0, 0.1) is 0 Å². The van der Waals surface area contributed by atoms with Crippen LogP contribution in [0.2, 0.25) is 0 Å². The molecule has 0 fully saturated rings. The summed E-state index contributed by atoms with van der Waals surface area (Å²) in [5, 5.41) is 0.185. The Bertz CT molecular complexity index is 1310. The molecule has 1 N–H and O–H groups in total. The molecule has 0 aliphatic rings. The van der Waals surface area contributed by atoms with Crippen molar-refractivity contribution in [1.29, 1.82) is 0 Å². The maximum atomic E-state index is 12.8. The molecule has 0 amide bonds. The van der Waals surface area contributed by atoms with Gasteiger partial charge in [0.05, 0.1) is 22.2 Å². The van der Waals surface area contributed by atoms with Gasteiger partial charge in [0.1, 0.15) is 17.9 Å². The first-order chi connectivity index (χ1) is 15.9. The monoisotopic (exact) mass is 372 g/mol. The number of nitrogens with one attached hydrogen (secondary N) is 1. The number of aryl methyl sites for hydroxylation is 1. The molecule has 1 aromatic heterocycles. The Kier molecular flexibility index (Phi) is 3.67. The number of pyridine rings is 1. The van der Waals surface area contributed by atoms with E-state index < -0.39 is 53.7 Å². The van der Waals surface area contributed by atoms with E-state index in [4.69, 9.17) is 14.3 Å². The molecule has 2 aromatic carbocycles. The normalized spacial score (nSPS) is 15.0. The zero-order chi connectivity index (χ0) is 25.4. The smallest absolute Gasteiger partial charge is 0.343 e. The molecule has 0 aliphatic carbocycles. The number of hydrogen-bond donors (Lipinski definition) is 1. The first kappa shape index (κ1) is 11.6. The van der Waals surface area contributed by atoms with Crippen molar-refractivity contribution in [2.45, 2.75) is 32.7 Å². The summed E-state index contributed by atoms with van der Waals surface area (Å²) in [7, 11) is 1.16. The largest absolute Gasteiger partial charge is 0.489 e. The number of esters is 1. The first-order valence-electron chi connectivity index (χ1n) is 12.0. The third-order valence-electron chi connectivity index (χ3n) is 4.03. The number of aromatic nitrogens is 1. The molecule has 3 rings (SSSR count). The second-order valence-electron chi connectivity index (χ2n) is 5.84. The number of carbonyl (C=O) groups is 1. The lowest BCUT2D eigenvalue weighted by atomic mass is 10.0. The van der Waals surface area contributed by atoms with Crippen molar-refractivity contribution >= 4 is 16.9 Å². The minimum Gasteiger partial charge on any atom is -0.489 e. The van der Waals surface area contributed by atoms with E-state index >= 15 is 0 Å². The van der Waals surface area contributed by atoms with E-state index in [-0.39, 0.29) is 22.2 Å². The lowest BCUT2D eigenvalue weighted by Gasteiger charge is -2.13. The minimum atomic E-state index is -2.78. The molecule has 1 heterocycles. The predicted octanol–water partition coefficient (Wildman–Crippen LogP) is 4.24. The van der Waals surface area contributed by atoms with Crippen molar-refractivity contribution in [2.75, 3.05) is 7.11 Å². The molecular formula is C22H23NO4. The number of carbonyl (C=O) groups excluding carboxylic acids is 1. The van der Waals surface area contributed by atoms with Crippen LogP contribution in [0.3, 0.4) is 0 Å². The topological polar surface area (TPSA) is 68.4 Å². The summed E-state index contributed by atoms with van der Waals surface area (Å²) in [5.41, 5.74) is -0.629. The van der Waals surface area contributed by atoms with Gasteiger partial charge in [-0.25, -0.2) is 4.79 Å². The molecule has 0 aliphatic heterocycles. The second-order valence-corrected chi connectivity index (χ2v) is 5.84. The highest BCUT2D eigenvalue weighted by atomic mass is 16.5. The van der Waals surface area contributed by atoms with E-state index in [1.165, 1.54) is 18.3 Å². The molecule has 0 spiro atoms. The summed E-state index contributed by atoms with van der Waals surface area (Å²) < 4.78 is 66.7. The second kappa shape index (κ2) is 8.54. The van der Waals surface area contributed by atoms with Crippen LogP contribution in [0.15, 0.2) is 53.3 Å². The molecule has 27 heavy (non-hydrogen) atoms. The highest BCUT2D eigenvalue weighted by Crippen LogP contribution is 2.26.